The lowest BCUT2D eigenvalue weighted by molar-refractivity contribution is 0.716. The van der Waals surface area contributed by atoms with E-state index in [2.05, 4.69) is 20.0 Å². The molecule has 3 N–H and O–H groups in total. The first kappa shape index (κ1) is 9.74. The van der Waals surface area contributed by atoms with Crippen molar-refractivity contribution in [1.29, 1.82) is 0 Å². The smallest absolute Gasteiger partial charge is 0.253 e. The Balaban J connectivity index is 2.30. The van der Waals surface area contributed by atoms with Crippen LogP contribution in [0, 0.1) is 0 Å². The van der Waals surface area contributed by atoms with E-state index in [1.165, 1.54) is 23.2 Å². The number of anilines is 1. The molecule has 0 aromatic carbocycles. The lowest BCUT2D eigenvalue weighted by Crippen LogP contribution is -2.20. The Morgan fingerprint density at radius 1 is 1.60 bits per heavy atom. The number of nitrogens with zero attached hydrogens (tertiary/aromatic N) is 4. The first-order valence-electron chi connectivity index (χ1n) is 4.09. The molecule has 2 aromatic heterocycles. The van der Waals surface area contributed by atoms with Crippen molar-refractivity contribution in [3.8, 4) is 0 Å². The summed E-state index contributed by atoms with van der Waals surface area (Å²) in [4.78, 5) is 15.2. The number of hydrogen-bond acceptors (Lipinski definition) is 7. The van der Waals surface area contributed by atoms with Crippen molar-refractivity contribution in [3.63, 3.8) is 0 Å². The molecule has 0 aliphatic rings. The highest BCUT2D eigenvalue weighted by molar-refractivity contribution is 7.10. The van der Waals surface area contributed by atoms with Gasteiger partial charge >= 0.3 is 0 Å². The van der Waals surface area contributed by atoms with E-state index in [-0.39, 0.29) is 5.56 Å². The minimum Gasteiger partial charge on any atom is -0.313 e. The summed E-state index contributed by atoms with van der Waals surface area (Å²) in [6.45, 7) is 0.308. The van der Waals surface area contributed by atoms with E-state index < -0.39 is 0 Å². The fourth-order valence-corrected chi connectivity index (χ4v) is 1.56. The molecular weight excluding hydrogens is 216 g/mol. The number of hydrogen-bond donors (Lipinski definition) is 2. The van der Waals surface area contributed by atoms with E-state index in [0.717, 1.165) is 11.5 Å². The van der Waals surface area contributed by atoms with Crippen molar-refractivity contribution < 1.29 is 0 Å². The zero-order valence-corrected chi connectivity index (χ0v) is 8.44. The Morgan fingerprint density at radius 3 is 3.20 bits per heavy atom. The lowest BCUT2D eigenvalue weighted by atomic mass is 10.4. The first-order chi connectivity index (χ1) is 7.31. The highest BCUT2D eigenvalue weighted by atomic mass is 32.1. The predicted octanol–water partition coefficient (Wildman–Crippen LogP) is -0.571. The van der Waals surface area contributed by atoms with E-state index in [9.17, 15) is 4.79 Å². The molecule has 0 spiro atoms. The fourth-order valence-electron chi connectivity index (χ4n) is 1.08. The average Bonchev–Trinajstić information content (AvgIpc) is 2.69. The maximum Gasteiger partial charge on any atom is 0.253 e. The predicted molar refractivity (Wildman–Crippen MR) is 55.3 cm³/mol. The van der Waals surface area contributed by atoms with Crippen LogP contribution in [0.25, 0.3) is 0 Å². The minimum absolute atomic E-state index is 0.138. The van der Waals surface area contributed by atoms with Crippen LogP contribution in [0.15, 0.2) is 23.4 Å². The van der Waals surface area contributed by atoms with Gasteiger partial charge in [0.1, 0.15) is 10.7 Å². The number of nitrogens with two attached hydrogens (primary N) is 1. The molecule has 15 heavy (non-hydrogen) atoms. The van der Waals surface area contributed by atoms with Gasteiger partial charge in [-0.2, -0.15) is 0 Å². The summed E-state index contributed by atoms with van der Waals surface area (Å²) >= 11 is 1.14. The second kappa shape index (κ2) is 4.15. The lowest BCUT2D eigenvalue weighted by Gasteiger charge is -2.02. The summed E-state index contributed by atoms with van der Waals surface area (Å²) in [5.41, 5.74) is 2.96. The van der Waals surface area contributed by atoms with Crippen LogP contribution in [0.1, 0.15) is 5.69 Å². The Bertz CT molecular complexity index is 506. The Morgan fingerprint density at radius 2 is 2.47 bits per heavy atom. The summed E-state index contributed by atoms with van der Waals surface area (Å²) in [6, 6.07) is 1.38. The molecule has 0 aliphatic carbocycles. The van der Waals surface area contributed by atoms with Gasteiger partial charge in [0, 0.05) is 23.8 Å². The summed E-state index contributed by atoms with van der Waals surface area (Å²) in [5.74, 6) is 5.26. The third kappa shape index (κ3) is 2.00. The summed E-state index contributed by atoms with van der Waals surface area (Å²) in [5, 5.41) is 4.51. The monoisotopic (exact) mass is 224 g/mol. The van der Waals surface area contributed by atoms with Crippen molar-refractivity contribution in [3.05, 3.63) is 34.6 Å². The molecule has 0 atom stereocenters. The number of hydrazine groups is 1. The van der Waals surface area contributed by atoms with E-state index in [1.807, 2.05) is 0 Å². The molecule has 8 heteroatoms. The van der Waals surface area contributed by atoms with Crippen LogP contribution in [0.3, 0.4) is 0 Å². The molecular formula is C7H8N6OS. The van der Waals surface area contributed by atoms with Crippen LogP contribution in [-0.4, -0.2) is 19.1 Å². The standard InChI is InChI=1S/C7H8N6OS/c8-10-7-5(11-12-15-7)3-13-4-9-2-1-6(13)14/h1-2,4,10H,3,8H2. The Kier molecular flexibility index (Phi) is 2.70. The van der Waals surface area contributed by atoms with Gasteiger partial charge in [-0.1, -0.05) is 4.49 Å². The van der Waals surface area contributed by atoms with Crippen molar-refractivity contribution in [2.24, 2.45) is 5.84 Å². The van der Waals surface area contributed by atoms with Gasteiger partial charge in [-0.15, -0.1) is 5.10 Å². The highest BCUT2D eigenvalue weighted by Gasteiger charge is 2.07. The average molecular weight is 224 g/mol. The third-order valence-corrected chi connectivity index (χ3v) is 2.50. The zero-order chi connectivity index (χ0) is 10.7. The second-order valence-electron chi connectivity index (χ2n) is 2.74. The van der Waals surface area contributed by atoms with Gasteiger partial charge in [-0.25, -0.2) is 10.8 Å². The maximum atomic E-state index is 11.4. The SMILES string of the molecule is NNc1snnc1Cn1cnccc1=O. The summed E-state index contributed by atoms with van der Waals surface area (Å²) in [6.07, 6.45) is 2.89. The first-order valence-corrected chi connectivity index (χ1v) is 4.87. The summed E-state index contributed by atoms with van der Waals surface area (Å²) < 4.78 is 5.16. The van der Waals surface area contributed by atoms with E-state index >= 15 is 0 Å². The van der Waals surface area contributed by atoms with Crippen molar-refractivity contribution in [1.82, 2.24) is 19.1 Å². The van der Waals surface area contributed by atoms with Crippen LogP contribution in [0.5, 0.6) is 0 Å². The number of rotatable bonds is 3. The molecule has 7 nitrogen and oxygen atoms in total. The number of nitrogen functional groups attached to an aromatic ring is 1. The molecule has 2 rings (SSSR count). The molecule has 0 saturated heterocycles. The van der Waals surface area contributed by atoms with Gasteiger partial charge in [0.25, 0.3) is 5.56 Å². The third-order valence-electron chi connectivity index (χ3n) is 1.80. The topological polar surface area (TPSA) is 98.7 Å². The minimum atomic E-state index is -0.138. The van der Waals surface area contributed by atoms with Gasteiger partial charge in [0.15, 0.2) is 0 Å². The van der Waals surface area contributed by atoms with Crippen LogP contribution < -0.4 is 16.8 Å². The molecule has 2 heterocycles. The van der Waals surface area contributed by atoms with Crippen molar-refractivity contribution in [2.45, 2.75) is 6.54 Å². The molecule has 0 unspecified atom stereocenters. The van der Waals surface area contributed by atoms with Crippen LogP contribution in [-0.2, 0) is 6.54 Å². The van der Waals surface area contributed by atoms with Gasteiger partial charge < -0.3 is 5.43 Å². The van der Waals surface area contributed by atoms with Crippen LogP contribution in [0.4, 0.5) is 5.00 Å². The van der Waals surface area contributed by atoms with Gasteiger partial charge in [0.2, 0.25) is 0 Å². The van der Waals surface area contributed by atoms with E-state index in [4.69, 9.17) is 5.84 Å². The molecule has 0 saturated carbocycles. The van der Waals surface area contributed by atoms with Gasteiger partial charge in [-0.3, -0.25) is 9.36 Å². The molecule has 2 aromatic rings. The van der Waals surface area contributed by atoms with Gasteiger partial charge in [-0.05, 0) is 0 Å². The van der Waals surface area contributed by atoms with Crippen LogP contribution >= 0.6 is 11.5 Å². The molecule has 0 bridgehead atoms. The highest BCUT2D eigenvalue weighted by Crippen LogP contribution is 2.15. The number of nitrogens with one attached hydrogen (secondary N) is 1. The van der Waals surface area contributed by atoms with E-state index in [0.29, 0.717) is 17.2 Å². The molecule has 0 fully saturated rings. The molecule has 0 aliphatic heterocycles. The maximum absolute atomic E-state index is 11.4. The quantitative estimate of drug-likeness (QED) is 0.535. The molecule has 0 radical (unpaired) electrons. The van der Waals surface area contributed by atoms with Crippen LogP contribution in [0.2, 0.25) is 0 Å². The molecule has 0 amide bonds. The Labute approximate surface area is 88.7 Å². The zero-order valence-electron chi connectivity index (χ0n) is 7.62. The molecule has 78 valence electrons. The Hall–Kier alpha value is -1.80. The summed E-state index contributed by atoms with van der Waals surface area (Å²) in [7, 11) is 0. The largest absolute Gasteiger partial charge is 0.313 e. The van der Waals surface area contributed by atoms with Crippen molar-refractivity contribution in [2.75, 3.05) is 5.43 Å². The fraction of sp³-hybridized carbons (Fsp3) is 0.143. The van der Waals surface area contributed by atoms with Crippen molar-refractivity contribution >= 4 is 16.5 Å². The van der Waals surface area contributed by atoms with Gasteiger partial charge in [0.05, 0.1) is 12.9 Å². The van der Waals surface area contributed by atoms with E-state index in [1.54, 1.807) is 0 Å². The number of aromatic nitrogens is 4. The normalized spacial score (nSPS) is 10.2. The second-order valence-corrected chi connectivity index (χ2v) is 3.49.